The number of nitrogens with zero attached hydrogens (tertiary/aromatic N) is 1. The van der Waals surface area contributed by atoms with E-state index in [0.29, 0.717) is 13.0 Å². The summed E-state index contributed by atoms with van der Waals surface area (Å²) in [7, 11) is 1.66. The van der Waals surface area contributed by atoms with Crippen molar-refractivity contribution in [3.63, 3.8) is 0 Å². The number of fused-ring (bicyclic) bond motifs is 1. The summed E-state index contributed by atoms with van der Waals surface area (Å²) in [6.45, 7) is 4.77. The molecule has 0 saturated carbocycles. The lowest BCUT2D eigenvalue weighted by molar-refractivity contribution is -0.120. The fourth-order valence-electron chi connectivity index (χ4n) is 2.86. The molecule has 2 N–H and O–H groups in total. The number of benzene rings is 1. The fraction of sp³-hybridized carbons (Fsp3) is 0.300. The Morgan fingerprint density at radius 1 is 1.28 bits per heavy atom. The van der Waals surface area contributed by atoms with E-state index in [2.05, 4.69) is 35.2 Å². The number of amides is 1. The molecule has 0 aliphatic carbocycles. The van der Waals surface area contributed by atoms with Crippen LogP contribution in [0.1, 0.15) is 25.0 Å². The number of carbonyl (C=O) groups excluding carboxylic acids is 1. The normalized spacial score (nSPS) is 11.5. The number of hydrogen-bond acceptors (Lipinski definition) is 3. The number of H-pyrrole nitrogens is 1. The van der Waals surface area contributed by atoms with E-state index in [0.717, 1.165) is 27.9 Å². The first kappa shape index (κ1) is 17.0. The van der Waals surface area contributed by atoms with Crippen LogP contribution in [0.15, 0.2) is 48.8 Å². The number of carbonyl (C=O) groups is 1. The number of methoxy groups -OCH3 is 1. The van der Waals surface area contributed by atoms with Gasteiger partial charge in [0.15, 0.2) is 0 Å². The van der Waals surface area contributed by atoms with Crippen molar-refractivity contribution >= 4 is 16.9 Å². The van der Waals surface area contributed by atoms with Gasteiger partial charge in [0.05, 0.1) is 13.5 Å². The molecule has 2 heterocycles. The zero-order valence-electron chi connectivity index (χ0n) is 14.8. The Bertz CT molecular complexity index is 883. The first-order valence-corrected chi connectivity index (χ1v) is 8.32. The molecule has 0 atom stereocenters. The van der Waals surface area contributed by atoms with Gasteiger partial charge in [0.25, 0.3) is 0 Å². The Morgan fingerprint density at radius 3 is 2.92 bits per heavy atom. The molecule has 0 aliphatic heterocycles. The maximum atomic E-state index is 12.4. The summed E-state index contributed by atoms with van der Waals surface area (Å²) >= 11 is 0. The number of ether oxygens (including phenoxy) is 1. The third-order valence-electron chi connectivity index (χ3n) is 4.47. The van der Waals surface area contributed by atoms with Crippen molar-refractivity contribution in [2.45, 2.75) is 25.7 Å². The molecule has 0 spiro atoms. The smallest absolute Gasteiger partial charge is 0.224 e. The topological polar surface area (TPSA) is 67.0 Å². The lowest BCUT2D eigenvalue weighted by Gasteiger charge is -2.26. The average Bonchev–Trinajstić information content (AvgIpc) is 3.03. The van der Waals surface area contributed by atoms with Crippen LogP contribution in [-0.4, -0.2) is 29.5 Å². The van der Waals surface area contributed by atoms with Crippen LogP contribution in [0.2, 0.25) is 0 Å². The zero-order chi connectivity index (χ0) is 17.9. The van der Waals surface area contributed by atoms with Crippen LogP contribution in [0, 0.1) is 0 Å². The predicted molar refractivity (Wildman–Crippen MR) is 98.8 cm³/mol. The van der Waals surface area contributed by atoms with Gasteiger partial charge >= 0.3 is 0 Å². The van der Waals surface area contributed by atoms with Gasteiger partial charge in [-0.05, 0) is 35.4 Å². The van der Waals surface area contributed by atoms with Crippen molar-refractivity contribution < 1.29 is 9.53 Å². The summed E-state index contributed by atoms with van der Waals surface area (Å²) in [4.78, 5) is 19.7. The summed E-state index contributed by atoms with van der Waals surface area (Å²) < 4.78 is 5.29. The maximum Gasteiger partial charge on any atom is 0.224 e. The predicted octanol–water partition coefficient (Wildman–Crippen LogP) is 3.21. The Labute approximate surface area is 147 Å². The van der Waals surface area contributed by atoms with Crippen molar-refractivity contribution in [2.24, 2.45) is 0 Å². The largest absolute Gasteiger partial charge is 0.497 e. The molecule has 130 valence electrons. The Balaban J connectivity index is 1.65. The van der Waals surface area contributed by atoms with Crippen LogP contribution < -0.4 is 10.1 Å². The summed E-state index contributed by atoms with van der Waals surface area (Å²) in [6, 6.07) is 11.8. The van der Waals surface area contributed by atoms with Crippen LogP contribution in [0.4, 0.5) is 0 Å². The average molecular weight is 337 g/mol. The SMILES string of the molecule is COc1cccc(C(C)(C)CNC(=O)Cc2c[nH]c3ncccc23)c1. The van der Waals surface area contributed by atoms with Gasteiger partial charge in [-0.15, -0.1) is 0 Å². The highest BCUT2D eigenvalue weighted by Gasteiger charge is 2.22. The molecule has 0 aliphatic rings. The molecule has 0 bridgehead atoms. The van der Waals surface area contributed by atoms with Crippen molar-refractivity contribution in [1.82, 2.24) is 15.3 Å². The summed E-state index contributed by atoms with van der Waals surface area (Å²) in [6.07, 6.45) is 3.92. The Morgan fingerprint density at radius 2 is 2.12 bits per heavy atom. The first-order chi connectivity index (χ1) is 12.0. The van der Waals surface area contributed by atoms with Gasteiger partial charge in [0.1, 0.15) is 11.4 Å². The molecule has 3 rings (SSSR count). The van der Waals surface area contributed by atoms with Crippen molar-refractivity contribution in [2.75, 3.05) is 13.7 Å². The van der Waals surface area contributed by atoms with Crippen molar-refractivity contribution in [3.05, 3.63) is 59.9 Å². The number of nitrogens with one attached hydrogen (secondary N) is 2. The van der Waals surface area contributed by atoms with E-state index in [4.69, 9.17) is 4.74 Å². The first-order valence-electron chi connectivity index (χ1n) is 8.32. The lowest BCUT2D eigenvalue weighted by atomic mass is 9.84. The van der Waals surface area contributed by atoms with E-state index < -0.39 is 0 Å². The minimum Gasteiger partial charge on any atom is -0.497 e. The molecule has 0 fully saturated rings. The van der Waals surface area contributed by atoms with Gasteiger partial charge in [-0.25, -0.2) is 4.98 Å². The number of aromatic nitrogens is 2. The van der Waals surface area contributed by atoms with Gasteiger partial charge in [0, 0.05) is 29.7 Å². The van der Waals surface area contributed by atoms with Crippen LogP contribution in [-0.2, 0) is 16.6 Å². The highest BCUT2D eigenvalue weighted by molar-refractivity contribution is 5.87. The van der Waals surface area contributed by atoms with E-state index in [1.165, 1.54) is 0 Å². The number of aromatic amines is 1. The third kappa shape index (κ3) is 3.82. The summed E-state index contributed by atoms with van der Waals surface area (Å²) in [5.41, 5.74) is 2.71. The second-order valence-electron chi connectivity index (χ2n) is 6.78. The Kier molecular flexibility index (Phi) is 4.74. The summed E-state index contributed by atoms with van der Waals surface area (Å²) in [5.74, 6) is 0.823. The van der Waals surface area contributed by atoms with E-state index in [1.807, 2.05) is 36.5 Å². The molecule has 5 nitrogen and oxygen atoms in total. The molecule has 1 amide bonds. The minimum atomic E-state index is -0.189. The van der Waals surface area contributed by atoms with Gasteiger partial charge in [-0.1, -0.05) is 26.0 Å². The fourth-order valence-corrected chi connectivity index (χ4v) is 2.86. The quantitative estimate of drug-likeness (QED) is 0.726. The molecule has 25 heavy (non-hydrogen) atoms. The minimum absolute atomic E-state index is 0.000671. The van der Waals surface area contributed by atoms with Crippen molar-refractivity contribution in [3.8, 4) is 5.75 Å². The third-order valence-corrected chi connectivity index (χ3v) is 4.47. The van der Waals surface area contributed by atoms with Gasteiger partial charge in [-0.2, -0.15) is 0 Å². The standard InChI is InChI=1S/C20H23N3O2/c1-20(2,15-6-4-7-16(11-15)25-3)13-23-18(24)10-14-12-22-19-17(14)8-5-9-21-19/h4-9,11-12H,10,13H2,1-3H3,(H,21,22)(H,23,24). The molecule has 5 heteroatoms. The molecular formula is C20H23N3O2. The maximum absolute atomic E-state index is 12.4. The van der Waals surface area contributed by atoms with Crippen LogP contribution in [0.3, 0.4) is 0 Å². The van der Waals surface area contributed by atoms with Gasteiger partial charge in [0.2, 0.25) is 5.91 Å². The highest BCUT2D eigenvalue weighted by Crippen LogP contribution is 2.26. The molecule has 0 unspecified atom stereocenters. The Hall–Kier alpha value is -2.82. The molecule has 0 saturated heterocycles. The number of hydrogen-bond donors (Lipinski definition) is 2. The second kappa shape index (κ2) is 6.97. The van der Waals surface area contributed by atoms with E-state index >= 15 is 0 Å². The molecular weight excluding hydrogens is 314 g/mol. The monoisotopic (exact) mass is 337 g/mol. The molecule has 3 aromatic rings. The number of rotatable bonds is 6. The van der Waals surface area contributed by atoms with Gasteiger partial charge in [-0.3, -0.25) is 4.79 Å². The van der Waals surface area contributed by atoms with E-state index in [9.17, 15) is 4.79 Å². The molecule has 0 radical (unpaired) electrons. The van der Waals surface area contributed by atoms with E-state index in [-0.39, 0.29) is 11.3 Å². The second-order valence-corrected chi connectivity index (χ2v) is 6.78. The van der Waals surface area contributed by atoms with Crippen LogP contribution in [0.25, 0.3) is 11.0 Å². The molecule has 2 aromatic heterocycles. The zero-order valence-corrected chi connectivity index (χ0v) is 14.8. The van der Waals surface area contributed by atoms with E-state index in [1.54, 1.807) is 13.3 Å². The lowest BCUT2D eigenvalue weighted by Crippen LogP contribution is -2.37. The van der Waals surface area contributed by atoms with Gasteiger partial charge < -0.3 is 15.0 Å². The van der Waals surface area contributed by atoms with Crippen LogP contribution >= 0.6 is 0 Å². The summed E-state index contributed by atoms with van der Waals surface area (Å²) in [5, 5.41) is 4.04. The number of pyridine rings is 1. The van der Waals surface area contributed by atoms with Crippen molar-refractivity contribution in [1.29, 1.82) is 0 Å². The molecule has 1 aromatic carbocycles. The van der Waals surface area contributed by atoms with Crippen LogP contribution in [0.5, 0.6) is 5.75 Å². The highest BCUT2D eigenvalue weighted by atomic mass is 16.5.